The van der Waals surface area contributed by atoms with E-state index in [1.54, 1.807) is 32.0 Å². The van der Waals surface area contributed by atoms with Crippen LogP contribution in [0.3, 0.4) is 0 Å². The van der Waals surface area contributed by atoms with E-state index in [1.807, 2.05) is 6.07 Å². The van der Waals surface area contributed by atoms with Crippen LogP contribution in [0.25, 0.3) is 0 Å². The predicted octanol–water partition coefficient (Wildman–Crippen LogP) is 2.82. The Balaban J connectivity index is 2.10. The zero-order valence-electron chi connectivity index (χ0n) is 14.8. The third-order valence-electron chi connectivity index (χ3n) is 4.54. The van der Waals surface area contributed by atoms with Crippen LogP contribution in [0.5, 0.6) is 0 Å². The Labute approximate surface area is 160 Å². The van der Waals surface area contributed by atoms with Gasteiger partial charge in [-0.3, -0.25) is 0 Å². The number of hydroxylamine groups is 1. The lowest BCUT2D eigenvalue weighted by Crippen LogP contribution is -2.66. The van der Waals surface area contributed by atoms with Crippen molar-refractivity contribution < 1.29 is 28.6 Å². The third kappa shape index (κ3) is 3.33. The van der Waals surface area contributed by atoms with Crippen LogP contribution in [0.2, 0.25) is 0 Å². The van der Waals surface area contributed by atoms with Crippen molar-refractivity contribution in [2.45, 2.75) is 38.5 Å². The largest absolute Gasteiger partial charge is 0.464 e. The highest BCUT2D eigenvalue weighted by Crippen LogP contribution is 2.43. The molecule has 0 radical (unpaired) electrons. The van der Waals surface area contributed by atoms with Crippen molar-refractivity contribution in [2.75, 3.05) is 24.9 Å². The van der Waals surface area contributed by atoms with Crippen LogP contribution in [0.15, 0.2) is 28.7 Å². The van der Waals surface area contributed by atoms with Crippen LogP contribution in [0.1, 0.15) is 26.7 Å². The van der Waals surface area contributed by atoms with Crippen LogP contribution in [0.4, 0.5) is 5.69 Å². The molecule has 0 saturated carbocycles. The summed E-state index contributed by atoms with van der Waals surface area (Å²) in [6.45, 7) is 4.22. The number of halogens is 1. The number of hydrogen-bond donors (Lipinski definition) is 0. The highest BCUT2D eigenvalue weighted by molar-refractivity contribution is 9.10. The first kappa shape index (κ1) is 19.1. The Hall–Kier alpha value is -1.64. The normalized spacial score (nSPS) is 24.0. The standard InChI is InChI=1S/C18H22BrNO6/c1-3-23-16(21)18(17(22)24-4-2)11-12-8-9-25-15(12)26-20(18)14-7-5-6-13(19)10-14/h5-7,10,12,15H,3-4,8-9,11H2,1-2H3. The molecule has 0 bridgehead atoms. The fourth-order valence-corrected chi connectivity index (χ4v) is 3.77. The number of carbonyl (C=O) groups is 2. The Morgan fingerprint density at radius 2 is 1.96 bits per heavy atom. The second-order valence-electron chi connectivity index (χ2n) is 6.17. The molecule has 1 aromatic carbocycles. The average molecular weight is 428 g/mol. The van der Waals surface area contributed by atoms with Gasteiger partial charge in [-0.25, -0.2) is 19.5 Å². The Morgan fingerprint density at radius 3 is 2.58 bits per heavy atom. The molecule has 2 fully saturated rings. The molecule has 2 aliphatic rings. The molecular formula is C18H22BrNO6. The quantitative estimate of drug-likeness (QED) is 0.528. The smallest absolute Gasteiger partial charge is 0.346 e. The maximum Gasteiger partial charge on any atom is 0.346 e. The maximum absolute atomic E-state index is 13.0. The van der Waals surface area contributed by atoms with Gasteiger partial charge in [0.15, 0.2) is 6.29 Å². The molecule has 1 aromatic rings. The summed E-state index contributed by atoms with van der Waals surface area (Å²) in [5.41, 5.74) is -1.17. The van der Waals surface area contributed by atoms with E-state index >= 15 is 0 Å². The van der Waals surface area contributed by atoms with Crippen LogP contribution in [-0.4, -0.2) is 43.6 Å². The second-order valence-corrected chi connectivity index (χ2v) is 7.09. The highest BCUT2D eigenvalue weighted by Gasteiger charge is 2.61. The van der Waals surface area contributed by atoms with Crippen molar-refractivity contribution in [2.24, 2.45) is 5.92 Å². The molecule has 0 aliphatic carbocycles. The number of rotatable bonds is 5. The molecule has 0 N–H and O–H groups in total. The molecule has 0 aromatic heterocycles. The van der Waals surface area contributed by atoms with Gasteiger partial charge >= 0.3 is 11.9 Å². The summed E-state index contributed by atoms with van der Waals surface area (Å²) in [7, 11) is 0. The number of hydrogen-bond acceptors (Lipinski definition) is 7. The van der Waals surface area contributed by atoms with Gasteiger partial charge in [-0.15, -0.1) is 0 Å². The fourth-order valence-electron chi connectivity index (χ4n) is 3.38. The van der Waals surface area contributed by atoms with Gasteiger partial charge < -0.3 is 14.2 Å². The van der Waals surface area contributed by atoms with Crippen molar-refractivity contribution in [1.82, 2.24) is 0 Å². The van der Waals surface area contributed by atoms with Gasteiger partial charge in [0.1, 0.15) is 0 Å². The number of anilines is 1. The molecule has 2 atom stereocenters. The molecule has 3 rings (SSSR count). The summed E-state index contributed by atoms with van der Waals surface area (Å²) in [6, 6.07) is 7.17. The predicted molar refractivity (Wildman–Crippen MR) is 96.2 cm³/mol. The van der Waals surface area contributed by atoms with Gasteiger partial charge in [0.2, 0.25) is 0 Å². The molecule has 2 heterocycles. The zero-order chi connectivity index (χ0) is 18.7. The number of carbonyl (C=O) groups excluding carboxylic acids is 2. The molecule has 7 nitrogen and oxygen atoms in total. The third-order valence-corrected chi connectivity index (χ3v) is 5.03. The molecule has 26 heavy (non-hydrogen) atoms. The summed E-state index contributed by atoms with van der Waals surface area (Å²) < 4.78 is 17.0. The van der Waals surface area contributed by atoms with E-state index in [9.17, 15) is 9.59 Å². The summed E-state index contributed by atoms with van der Waals surface area (Å²) in [5.74, 6) is -1.44. The van der Waals surface area contributed by atoms with Gasteiger partial charge in [0.25, 0.3) is 5.54 Å². The lowest BCUT2D eigenvalue weighted by molar-refractivity contribution is -0.206. The van der Waals surface area contributed by atoms with Crippen LogP contribution in [0, 0.1) is 5.92 Å². The second kappa shape index (κ2) is 7.94. The number of benzene rings is 1. The van der Waals surface area contributed by atoms with Crippen LogP contribution >= 0.6 is 15.9 Å². The molecule has 0 amide bonds. The van der Waals surface area contributed by atoms with Crippen molar-refractivity contribution in [3.63, 3.8) is 0 Å². The summed E-state index contributed by atoms with van der Waals surface area (Å²) in [5, 5.41) is 1.31. The van der Waals surface area contributed by atoms with Gasteiger partial charge in [-0.2, -0.15) is 0 Å². The highest BCUT2D eigenvalue weighted by atomic mass is 79.9. The van der Waals surface area contributed by atoms with Crippen LogP contribution in [-0.2, 0) is 28.6 Å². The molecule has 0 spiro atoms. The molecule has 8 heteroatoms. The van der Waals surface area contributed by atoms with Crippen LogP contribution < -0.4 is 5.06 Å². The minimum atomic E-state index is -1.71. The van der Waals surface area contributed by atoms with Gasteiger partial charge in [-0.1, -0.05) is 22.0 Å². The average Bonchev–Trinajstić information content (AvgIpc) is 3.08. The first-order valence-electron chi connectivity index (χ1n) is 8.71. The van der Waals surface area contributed by atoms with Crippen molar-refractivity contribution in [3.8, 4) is 0 Å². The number of ether oxygens (including phenoxy) is 3. The summed E-state index contributed by atoms with van der Waals surface area (Å²) in [4.78, 5) is 32.0. The molecule has 2 unspecified atom stereocenters. The van der Waals surface area contributed by atoms with Gasteiger partial charge in [0.05, 0.1) is 25.5 Å². The van der Waals surface area contributed by atoms with E-state index < -0.39 is 23.8 Å². The minimum absolute atomic E-state index is 0.0905. The van der Waals surface area contributed by atoms with E-state index in [-0.39, 0.29) is 25.6 Å². The number of fused-ring (bicyclic) bond motifs is 1. The minimum Gasteiger partial charge on any atom is -0.464 e. The topological polar surface area (TPSA) is 74.3 Å². The van der Waals surface area contributed by atoms with E-state index in [0.29, 0.717) is 18.7 Å². The first-order valence-corrected chi connectivity index (χ1v) is 9.50. The van der Waals surface area contributed by atoms with E-state index in [4.69, 9.17) is 19.0 Å². The number of esters is 2. The summed E-state index contributed by atoms with van der Waals surface area (Å²) >= 11 is 3.41. The van der Waals surface area contributed by atoms with Crippen molar-refractivity contribution >= 4 is 33.6 Å². The Morgan fingerprint density at radius 1 is 1.27 bits per heavy atom. The Kier molecular flexibility index (Phi) is 5.84. The van der Waals surface area contributed by atoms with Gasteiger partial charge in [0, 0.05) is 16.8 Å². The lowest BCUT2D eigenvalue weighted by Gasteiger charge is -2.46. The maximum atomic E-state index is 13.0. The molecule has 142 valence electrons. The lowest BCUT2D eigenvalue weighted by atomic mass is 9.83. The van der Waals surface area contributed by atoms with Crippen molar-refractivity contribution in [1.29, 1.82) is 0 Å². The van der Waals surface area contributed by atoms with E-state index in [0.717, 1.165) is 4.47 Å². The Bertz CT molecular complexity index is 663. The summed E-state index contributed by atoms with van der Waals surface area (Å²) in [6.07, 6.45) is 0.408. The van der Waals surface area contributed by atoms with E-state index in [2.05, 4.69) is 15.9 Å². The van der Waals surface area contributed by atoms with Gasteiger partial charge in [-0.05, 0) is 38.5 Å². The van der Waals surface area contributed by atoms with E-state index in [1.165, 1.54) is 5.06 Å². The molecule has 2 aliphatic heterocycles. The SMILES string of the molecule is CCOC(=O)C1(C(=O)OCC)CC2CCOC2ON1c1cccc(Br)c1. The number of nitrogens with zero attached hydrogens (tertiary/aromatic N) is 1. The fraction of sp³-hybridized carbons (Fsp3) is 0.556. The first-order chi connectivity index (χ1) is 12.5. The van der Waals surface area contributed by atoms with Crippen molar-refractivity contribution in [3.05, 3.63) is 28.7 Å². The molecule has 2 saturated heterocycles. The monoisotopic (exact) mass is 427 g/mol. The zero-order valence-corrected chi connectivity index (χ0v) is 16.4. The molecular weight excluding hydrogens is 406 g/mol.